The number of nitrogens with zero attached hydrogens (tertiary/aromatic N) is 4. The SMILES string of the molecule is CN(C(=O)OCCOC(=O)CCC(=O)O)c1c(S(=O)C(F)(F)F)c(C#N)nn1-c1c(Cl)cc(C(F)(F)F)cc1Cl. The standard InChI is InChI=1S/C20H14Cl2F6N4O7S/c1-31(18(36)39-5-4-38-14(35)3-2-13(33)34)17-16(40(37)20(26,27)28)12(8-29)30-32(17)15-10(21)6-9(7-11(15)22)19(23,24)25/h6-7H,2-5H2,1H3,(H,33,34). The summed E-state index contributed by atoms with van der Waals surface area (Å²) in [5, 5.41) is 19.8. The highest BCUT2D eigenvalue weighted by atomic mass is 35.5. The molecule has 0 spiro atoms. The Morgan fingerprint density at radius 2 is 1.65 bits per heavy atom. The van der Waals surface area contributed by atoms with Crippen LogP contribution in [0.4, 0.5) is 37.0 Å². The van der Waals surface area contributed by atoms with E-state index >= 15 is 0 Å². The molecule has 0 aliphatic carbocycles. The average Bonchev–Trinajstić information content (AvgIpc) is 3.21. The highest BCUT2D eigenvalue weighted by Crippen LogP contribution is 2.42. The van der Waals surface area contributed by atoms with Gasteiger partial charge < -0.3 is 14.6 Å². The lowest BCUT2D eigenvalue weighted by molar-refractivity contribution is -0.148. The number of benzene rings is 1. The van der Waals surface area contributed by atoms with Gasteiger partial charge in [-0.2, -0.15) is 36.7 Å². The van der Waals surface area contributed by atoms with Crippen LogP contribution in [0.3, 0.4) is 0 Å². The van der Waals surface area contributed by atoms with Crippen LogP contribution < -0.4 is 4.90 Å². The van der Waals surface area contributed by atoms with Crippen molar-refractivity contribution in [3.8, 4) is 11.8 Å². The highest BCUT2D eigenvalue weighted by Gasteiger charge is 2.44. The van der Waals surface area contributed by atoms with Gasteiger partial charge in [0.15, 0.2) is 22.3 Å². The average molecular weight is 639 g/mol. The number of aromatic nitrogens is 2. The van der Waals surface area contributed by atoms with Crippen molar-refractivity contribution in [2.75, 3.05) is 25.2 Å². The number of nitriles is 1. The largest absolute Gasteiger partial charge is 0.481 e. The fraction of sp³-hybridized carbons (Fsp3) is 0.350. The molecule has 1 unspecified atom stereocenters. The first-order valence-corrected chi connectivity index (χ1v) is 12.2. The molecule has 2 aromatic rings. The molecule has 0 aliphatic rings. The van der Waals surface area contributed by atoms with E-state index in [-0.39, 0.29) is 0 Å². The van der Waals surface area contributed by atoms with Crippen LogP contribution in [0.15, 0.2) is 17.0 Å². The van der Waals surface area contributed by atoms with E-state index in [4.69, 9.17) is 33.0 Å². The Hall–Kier alpha value is -3.56. The fourth-order valence-electron chi connectivity index (χ4n) is 2.89. The minimum Gasteiger partial charge on any atom is -0.481 e. The highest BCUT2D eigenvalue weighted by molar-refractivity contribution is 7.86. The Morgan fingerprint density at radius 1 is 1.10 bits per heavy atom. The maximum absolute atomic E-state index is 13.4. The molecule has 0 aliphatic heterocycles. The first kappa shape index (κ1) is 32.7. The zero-order valence-corrected chi connectivity index (χ0v) is 21.9. The predicted molar refractivity (Wildman–Crippen MR) is 123 cm³/mol. The van der Waals surface area contributed by atoms with E-state index in [0.717, 1.165) is 7.05 Å². The summed E-state index contributed by atoms with van der Waals surface area (Å²) in [6, 6.07) is 1.98. The molecule has 0 fully saturated rings. The number of alkyl halides is 6. The molecule has 1 aromatic heterocycles. The van der Waals surface area contributed by atoms with Crippen molar-refractivity contribution in [2.45, 2.75) is 29.4 Å². The van der Waals surface area contributed by atoms with Crippen molar-refractivity contribution in [3.63, 3.8) is 0 Å². The molecule has 1 atom stereocenters. The van der Waals surface area contributed by atoms with Crippen LogP contribution >= 0.6 is 23.2 Å². The molecule has 0 bridgehead atoms. The van der Waals surface area contributed by atoms with Crippen molar-refractivity contribution in [1.82, 2.24) is 9.78 Å². The second-order valence-electron chi connectivity index (χ2n) is 7.31. The Morgan fingerprint density at radius 3 is 2.12 bits per heavy atom. The lowest BCUT2D eigenvalue weighted by Gasteiger charge is -2.21. The number of amides is 1. The third kappa shape index (κ3) is 7.76. The summed E-state index contributed by atoms with van der Waals surface area (Å²) in [5.41, 5.74) is -8.66. The van der Waals surface area contributed by atoms with Crippen molar-refractivity contribution in [2.24, 2.45) is 0 Å². The summed E-state index contributed by atoms with van der Waals surface area (Å²) in [4.78, 5) is 33.5. The second kappa shape index (κ2) is 12.7. The van der Waals surface area contributed by atoms with Gasteiger partial charge in [0.25, 0.3) is 0 Å². The Balaban J connectivity index is 2.53. The van der Waals surface area contributed by atoms with Crippen LogP contribution in [0.2, 0.25) is 10.0 Å². The molecule has 20 heteroatoms. The number of hydrogen-bond acceptors (Lipinski definition) is 8. The Bertz CT molecular complexity index is 1370. The smallest absolute Gasteiger partial charge is 0.476 e. The van der Waals surface area contributed by atoms with Gasteiger partial charge in [-0.05, 0) is 12.1 Å². The molecule has 0 radical (unpaired) electrons. The maximum atomic E-state index is 13.4. The molecule has 1 heterocycles. The molecular formula is C20H14Cl2F6N4O7S. The molecule has 2 rings (SSSR count). The molecule has 0 saturated heterocycles. The number of carbonyl (C=O) groups excluding carboxylic acids is 2. The van der Waals surface area contributed by atoms with E-state index < -0.39 is 104 Å². The third-order valence-corrected chi connectivity index (χ3v) is 6.33. The normalized spacial score (nSPS) is 12.4. The third-order valence-electron chi connectivity index (χ3n) is 4.58. The van der Waals surface area contributed by atoms with Crippen molar-refractivity contribution < 1.29 is 59.5 Å². The van der Waals surface area contributed by atoms with Gasteiger partial charge in [-0.1, -0.05) is 23.2 Å². The molecule has 1 aromatic carbocycles. The molecule has 1 N–H and O–H groups in total. The van der Waals surface area contributed by atoms with Crippen LogP contribution in [0.25, 0.3) is 5.69 Å². The first-order chi connectivity index (χ1) is 18.4. The molecular weight excluding hydrogens is 625 g/mol. The summed E-state index contributed by atoms with van der Waals surface area (Å²) in [5.74, 6) is -3.28. The predicted octanol–water partition coefficient (Wildman–Crippen LogP) is 4.68. The van der Waals surface area contributed by atoms with Crippen LogP contribution in [0.5, 0.6) is 0 Å². The van der Waals surface area contributed by atoms with Gasteiger partial charge in [-0.3, -0.25) is 14.5 Å². The Labute approximate surface area is 232 Å². The molecule has 11 nitrogen and oxygen atoms in total. The summed E-state index contributed by atoms with van der Waals surface area (Å²) in [6.07, 6.45) is -7.45. The van der Waals surface area contributed by atoms with Crippen molar-refractivity contribution in [1.29, 1.82) is 5.26 Å². The number of anilines is 1. The minimum atomic E-state index is -5.49. The first-order valence-electron chi connectivity index (χ1n) is 10.3. The number of rotatable bonds is 9. The number of hydrogen-bond donors (Lipinski definition) is 1. The van der Waals surface area contributed by atoms with Gasteiger partial charge in [-0.15, -0.1) is 0 Å². The maximum Gasteiger partial charge on any atom is 0.476 e. The quantitative estimate of drug-likeness (QED) is 0.234. The lowest BCUT2D eigenvalue weighted by atomic mass is 10.2. The van der Waals surface area contributed by atoms with Crippen molar-refractivity contribution in [3.05, 3.63) is 33.4 Å². The van der Waals surface area contributed by atoms with E-state index in [1.54, 1.807) is 0 Å². The van der Waals surface area contributed by atoms with Crippen molar-refractivity contribution >= 4 is 57.9 Å². The minimum absolute atomic E-state index is 0.295. The number of ether oxygens (including phenoxy) is 2. The van der Waals surface area contributed by atoms with E-state index in [1.165, 1.54) is 6.07 Å². The summed E-state index contributed by atoms with van der Waals surface area (Å²) < 4.78 is 102. The van der Waals surface area contributed by atoms with Gasteiger partial charge in [-0.25, -0.2) is 13.7 Å². The molecule has 1 amide bonds. The van der Waals surface area contributed by atoms with Crippen LogP contribution in [-0.4, -0.2) is 62.9 Å². The lowest BCUT2D eigenvalue weighted by Crippen LogP contribution is -2.32. The van der Waals surface area contributed by atoms with E-state index in [2.05, 4.69) is 9.84 Å². The second-order valence-corrected chi connectivity index (χ2v) is 9.54. The van der Waals surface area contributed by atoms with Gasteiger partial charge in [0.05, 0.1) is 28.5 Å². The molecule has 40 heavy (non-hydrogen) atoms. The topological polar surface area (TPSA) is 152 Å². The van der Waals surface area contributed by atoms with E-state index in [0.29, 0.717) is 21.7 Å². The molecule has 0 saturated carbocycles. The van der Waals surface area contributed by atoms with Crippen LogP contribution in [-0.2, 0) is 36.0 Å². The van der Waals surface area contributed by atoms with E-state index in [1.807, 2.05) is 0 Å². The monoisotopic (exact) mass is 638 g/mol. The number of carboxylic acid groups (broad SMARTS) is 1. The Kier molecular flexibility index (Phi) is 10.4. The summed E-state index contributed by atoms with van der Waals surface area (Å²) >= 11 is 11.9. The van der Waals surface area contributed by atoms with Gasteiger partial charge in [0, 0.05) is 7.05 Å². The number of carboxylic acids is 1. The van der Waals surface area contributed by atoms with Crippen LogP contribution in [0, 0.1) is 11.3 Å². The zero-order chi connectivity index (χ0) is 30.6. The summed E-state index contributed by atoms with van der Waals surface area (Å²) in [6.45, 7) is -1.29. The fourth-order valence-corrected chi connectivity index (χ4v) is 4.42. The number of halogens is 8. The number of aliphatic carboxylic acids is 1. The van der Waals surface area contributed by atoms with Gasteiger partial charge >= 0.3 is 29.7 Å². The number of esters is 1. The van der Waals surface area contributed by atoms with Gasteiger partial charge in [0.1, 0.15) is 29.9 Å². The van der Waals surface area contributed by atoms with Crippen LogP contribution in [0.1, 0.15) is 24.1 Å². The van der Waals surface area contributed by atoms with E-state index in [9.17, 15) is 50.2 Å². The number of carbonyl (C=O) groups is 3. The van der Waals surface area contributed by atoms with Gasteiger partial charge in [0.2, 0.25) is 0 Å². The summed E-state index contributed by atoms with van der Waals surface area (Å²) in [7, 11) is -3.21. The zero-order valence-electron chi connectivity index (χ0n) is 19.6. The molecule has 218 valence electrons.